The predicted octanol–water partition coefficient (Wildman–Crippen LogP) is 3.29. The summed E-state index contributed by atoms with van der Waals surface area (Å²) in [6, 6.07) is 8.21. The number of halogens is 2. The minimum atomic E-state index is -0.957. The molecule has 0 unspecified atom stereocenters. The van der Waals surface area contributed by atoms with Crippen LogP contribution in [0.3, 0.4) is 0 Å². The van der Waals surface area contributed by atoms with Crippen LogP contribution in [0.1, 0.15) is 21.5 Å². The van der Waals surface area contributed by atoms with Gasteiger partial charge in [0.05, 0.1) is 12.1 Å². The first-order valence-corrected chi connectivity index (χ1v) is 7.36. The summed E-state index contributed by atoms with van der Waals surface area (Å²) in [4.78, 5) is 25.4. The maximum absolute atomic E-state index is 13.7. The Labute approximate surface area is 139 Å². The van der Waals surface area contributed by atoms with Crippen molar-refractivity contribution in [1.82, 2.24) is 4.90 Å². The summed E-state index contributed by atoms with van der Waals surface area (Å²) in [5, 5.41) is 2.73. The minimum absolute atomic E-state index is 0.247. The number of amides is 2. The van der Waals surface area contributed by atoms with Crippen LogP contribution in [0.5, 0.6) is 0 Å². The second-order valence-electron chi connectivity index (χ2n) is 5.58. The van der Waals surface area contributed by atoms with Crippen LogP contribution in [0.15, 0.2) is 36.4 Å². The first kappa shape index (κ1) is 17.6. The highest BCUT2D eigenvalue weighted by molar-refractivity contribution is 5.99. The number of likely N-dealkylation sites (N-methyl/N-ethyl adjacent to an activating group) is 1. The van der Waals surface area contributed by atoms with Crippen LogP contribution in [-0.2, 0) is 4.79 Å². The Morgan fingerprint density at radius 3 is 2.50 bits per heavy atom. The van der Waals surface area contributed by atoms with Crippen molar-refractivity contribution in [2.45, 2.75) is 13.8 Å². The summed E-state index contributed by atoms with van der Waals surface area (Å²) in [6.45, 7) is 3.56. The molecule has 0 bridgehead atoms. The van der Waals surface area contributed by atoms with Gasteiger partial charge in [-0.1, -0.05) is 12.1 Å². The molecule has 0 aromatic heterocycles. The fraction of sp³-hybridized carbons (Fsp3) is 0.222. The normalized spacial score (nSPS) is 10.4. The lowest BCUT2D eigenvalue weighted by molar-refractivity contribution is -0.116. The molecule has 0 aliphatic heterocycles. The van der Waals surface area contributed by atoms with Crippen molar-refractivity contribution in [1.29, 1.82) is 0 Å². The molecule has 2 aromatic carbocycles. The highest BCUT2D eigenvalue weighted by Crippen LogP contribution is 2.18. The highest BCUT2D eigenvalue weighted by atomic mass is 19.1. The third kappa shape index (κ3) is 3.95. The topological polar surface area (TPSA) is 49.4 Å². The number of anilines is 1. The quantitative estimate of drug-likeness (QED) is 0.934. The van der Waals surface area contributed by atoms with Crippen LogP contribution in [-0.4, -0.2) is 30.3 Å². The van der Waals surface area contributed by atoms with Crippen LogP contribution >= 0.6 is 0 Å². The van der Waals surface area contributed by atoms with E-state index < -0.39 is 23.4 Å². The van der Waals surface area contributed by atoms with Crippen molar-refractivity contribution < 1.29 is 18.4 Å². The average molecular weight is 332 g/mol. The van der Waals surface area contributed by atoms with Crippen molar-refractivity contribution in [3.63, 3.8) is 0 Å². The van der Waals surface area contributed by atoms with E-state index >= 15 is 0 Å². The molecule has 0 fully saturated rings. The molecule has 0 saturated carbocycles. The summed E-state index contributed by atoms with van der Waals surface area (Å²) in [5.74, 6) is -2.81. The van der Waals surface area contributed by atoms with Gasteiger partial charge in [0.1, 0.15) is 11.6 Å². The molecule has 24 heavy (non-hydrogen) atoms. The van der Waals surface area contributed by atoms with Crippen molar-refractivity contribution in [3.05, 3.63) is 64.7 Å². The molecule has 0 aliphatic carbocycles. The van der Waals surface area contributed by atoms with E-state index in [1.165, 1.54) is 7.05 Å². The molecule has 126 valence electrons. The maximum Gasteiger partial charge on any atom is 0.257 e. The third-order valence-electron chi connectivity index (χ3n) is 3.77. The van der Waals surface area contributed by atoms with Gasteiger partial charge < -0.3 is 10.2 Å². The van der Waals surface area contributed by atoms with Crippen LogP contribution in [0.25, 0.3) is 0 Å². The van der Waals surface area contributed by atoms with Gasteiger partial charge in [-0.25, -0.2) is 8.78 Å². The Morgan fingerprint density at radius 2 is 1.83 bits per heavy atom. The van der Waals surface area contributed by atoms with E-state index in [1.54, 1.807) is 6.07 Å². The van der Waals surface area contributed by atoms with E-state index in [2.05, 4.69) is 5.32 Å². The van der Waals surface area contributed by atoms with Gasteiger partial charge in [-0.3, -0.25) is 9.59 Å². The molecule has 0 aliphatic rings. The summed E-state index contributed by atoms with van der Waals surface area (Å²) < 4.78 is 26.6. The molecule has 1 N–H and O–H groups in total. The molecule has 2 amide bonds. The molecule has 0 spiro atoms. The second kappa shape index (κ2) is 7.21. The van der Waals surface area contributed by atoms with E-state index in [9.17, 15) is 18.4 Å². The SMILES string of the molecule is Cc1cccc(NC(=O)CN(C)C(=O)c2ccc(F)cc2F)c1C. The molecule has 4 nitrogen and oxygen atoms in total. The Hall–Kier alpha value is -2.76. The molecule has 2 aromatic rings. The number of nitrogens with one attached hydrogen (secondary N) is 1. The summed E-state index contributed by atoms with van der Waals surface area (Å²) in [5.41, 5.74) is 2.35. The van der Waals surface area contributed by atoms with Crippen LogP contribution in [0, 0.1) is 25.5 Å². The predicted molar refractivity (Wildman–Crippen MR) is 87.9 cm³/mol. The molecule has 0 radical (unpaired) electrons. The van der Waals surface area contributed by atoms with Gasteiger partial charge in [0.2, 0.25) is 5.91 Å². The molecule has 2 rings (SSSR count). The lowest BCUT2D eigenvalue weighted by Gasteiger charge is -2.18. The molecular formula is C18H18F2N2O2. The Morgan fingerprint density at radius 1 is 1.12 bits per heavy atom. The second-order valence-corrected chi connectivity index (χ2v) is 5.58. The lowest BCUT2D eigenvalue weighted by Crippen LogP contribution is -2.35. The first-order valence-electron chi connectivity index (χ1n) is 7.36. The highest BCUT2D eigenvalue weighted by Gasteiger charge is 2.19. The van der Waals surface area contributed by atoms with Gasteiger partial charge in [0, 0.05) is 18.8 Å². The zero-order valence-electron chi connectivity index (χ0n) is 13.7. The molecular weight excluding hydrogens is 314 g/mol. The molecule has 0 atom stereocenters. The van der Waals surface area contributed by atoms with Gasteiger partial charge in [0.25, 0.3) is 5.91 Å². The van der Waals surface area contributed by atoms with Crippen molar-refractivity contribution in [3.8, 4) is 0 Å². The summed E-state index contributed by atoms with van der Waals surface area (Å²) in [7, 11) is 1.38. The average Bonchev–Trinajstić information content (AvgIpc) is 2.51. The van der Waals surface area contributed by atoms with E-state index in [4.69, 9.17) is 0 Å². The molecule has 0 heterocycles. The number of benzene rings is 2. The third-order valence-corrected chi connectivity index (χ3v) is 3.77. The Kier molecular flexibility index (Phi) is 5.28. The van der Waals surface area contributed by atoms with E-state index in [1.807, 2.05) is 26.0 Å². The molecule has 0 saturated heterocycles. The number of carbonyl (C=O) groups is 2. The van der Waals surface area contributed by atoms with Crippen molar-refractivity contribution >= 4 is 17.5 Å². The zero-order valence-corrected chi connectivity index (χ0v) is 13.7. The van der Waals surface area contributed by atoms with Gasteiger partial charge in [0.15, 0.2) is 0 Å². The van der Waals surface area contributed by atoms with Crippen LogP contribution in [0.4, 0.5) is 14.5 Å². The fourth-order valence-corrected chi connectivity index (χ4v) is 2.23. The summed E-state index contributed by atoms with van der Waals surface area (Å²) >= 11 is 0. The van der Waals surface area contributed by atoms with Crippen molar-refractivity contribution in [2.75, 3.05) is 18.9 Å². The van der Waals surface area contributed by atoms with E-state index in [0.717, 1.165) is 28.2 Å². The standard InChI is InChI=1S/C18H18F2N2O2/c1-11-5-4-6-16(12(11)2)21-17(23)10-22(3)18(24)14-8-7-13(19)9-15(14)20/h4-9H,10H2,1-3H3,(H,21,23). The first-order chi connectivity index (χ1) is 11.3. The number of carbonyl (C=O) groups excluding carboxylic acids is 2. The Bertz CT molecular complexity index is 791. The van der Waals surface area contributed by atoms with Crippen LogP contribution in [0.2, 0.25) is 0 Å². The van der Waals surface area contributed by atoms with E-state index in [-0.39, 0.29) is 12.1 Å². The van der Waals surface area contributed by atoms with Crippen molar-refractivity contribution in [2.24, 2.45) is 0 Å². The van der Waals surface area contributed by atoms with Gasteiger partial charge in [-0.15, -0.1) is 0 Å². The monoisotopic (exact) mass is 332 g/mol. The molecule has 6 heteroatoms. The van der Waals surface area contributed by atoms with Gasteiger partial charge >= 0.3 is 0 Å². The number of hydrogen-bond acceptors (Lipinski definition) is 2. The zero-order chi connectivity index (χ0) is 17.9. The largest absolute Gasteiger partial charge is 0.332 e. The smallest absolute Gasteiger partial charge is 0.257 e. The number of rotatable bonds is 4. The number of aryl methyl sites for hydroxylation is 1. The van der Waals surface area contributed by atoms with Crippen LogP contribution < -0.4 is 5.32 Å². The van der Waals surface area contributed by atoms with Gasteiger partial charge in [-0.05, 0) is 43.2 Å². The minimum Gasteiger partial charge on any atom is -0.332 e. The van der Waals surface area contributed by atoms with E-state index in [0.29, 0.717) is 11.8 Å². The fourth-order valence-electron chi connectivity index (χ4n) is 2.23. The number of nitrogens with zero attached hydrogens (tertiary/aromatic N) is 1. The summed E-state index contributed by atoms with van der Waals surface area (Å²) in [6.07, 6.45) is 0. The maximum atomic E-state index is 13.7. The lowest BCUT2D eigenvalue weighted by atomic mass is 10.1. The Balaban J connectivity index is 2.05. The van der Waals surface area contributed by atoms with Gasteiger partial charge in [-0.2, -0.15) is 0 Å². The number of hydrogen-bond donors (Lipinski definition) is 1.